The first-order valence-corrected chi connectivity index (χ1v) is 6.58. The quantitative estimate of drug-likeness (QED) is 0.851. The molecule has 0 radical (unpaired) electrons. The molecule has 0 amide bonds. The largest absolute Gasteiger partial charge is 0.481 e. The van der Waals surface area contributed by atoms with Gasteiger partial charge in [0, 0.05) is 6.42 Å². The van der Waals surface area contributed by atoms with E-state index in [1.165, 1.54) is 0 Å². The summed E-state index contributed by atoms with van der Waals surface area (Å²) in [5, 5.41) is 8.42. The SMILES string of the molecule is Cc1ccc(S(=O)(=O)CCCC(=O)O)cc1. The van der Waals surface area contributed by atoms with E-state index < -0.39 is 15.8 Å². The van der Waals surface area contributed by atoms with Gasteiger partial charge >= 0.3 is 5.97 Å². The number of benzene rings is 1. The second-order valence-electron chi connectivity index (χ2n) is 3.63. The maximum atomic E-state index is 11.7. The predicted molar refractivity (Wildman–Crippen MR) is 60.1 cm³/mol. The minimum absolute atomic E-state index is 0.120. The van der Waals surface area contributed by atoms with Crippen molar-refractivity contribution >= 4 is 15.8 Å². The van der Waals surface area contributed by atoms with Crippen LogP contribution in [0.2, 0.25) is 0 Å². The molecule has 0 spiro atoms. The molecular formula is C11H14O4S. The summed E-state index contributed by atoms with van der Waals surface area (Å²) < 4.78 is 23.5. The molecule has 1 rings (SSSR count). The third-order valence-electron chi connectivity index (χ3n) is 2.18. The van der Waals surface area contributed by atoms with Crippen LogP contribution < -0.4 is 0 Å². The molecular weight excluding hydrogens is 228 g/mol. The lowest BCUT2D eigenvalue weighted by Gasteiger charge is -2.03. The summed E-state index contributed by atoms with van der Waals surface area (Å²) >= 11 is 0. The van der Waals surface area contributed by atoms with Crippen molar-refractivity contribution in [3.63, 3.8) is 0 Å². The molecule has 88 valence electrons. The normalized spacial score (nSPS) is 11.3. The van der Waals surface area contributed by atoms with Crippen LogP contribution in [0.1, 0.15) is 18.4 Å². The van der Waals surface area contributed by atoms with E-state index in [2.05, 4.69) is 0 Å². The van der Waals surface area contributed by atoms with Crippen molar-refractivity contribution in [2.24, 2.45) is 0 Å². The Morgan fingerprint density at radius 3 is 2.31 bits per heavy atom. The minimum atomic E-state index is -3.34. The molecule has 0 aliphatic carbocycles. The highest BCUT2D eigenvalue weighted by Crippen LogP contribution is 2.13. The first-order chi connectivity index (χ1) is 7.42. The summed E-state index contributed by atoms with van der Waals surface area (Å²) in [7, 11) is -3.34. The molecule has 16 heavy (non-hydrogen) atoms. The van der Waals surface area contributed by atoms with Gasteiger partial charge in [0.2, 0.25) is 0 Å². The average molecular weight is 242 g/mol. The first kappa shape index (κ1) is 12.7. The molecule has 0 unspecified atom stereocenters. The number of hydrogen-bond donors (Lipinski definition) is 1. The molecule has 0 saturated carbocycles. The second-order valence-corrected chi connectivity index (χ2v) is 5.74. The lowest BCUT2D eigenvalue weighted by Crippen LogP contribution is -2.08. The molecule has 0 saturated heterocycles. The van der Waals surface area contributed by atoms with Gasteiger partial charge in [0.05, 0.1) is 10.6 Å². The third-order valence-corrected chi connectivity index (χ3v) is 4.00. The maximum absolute atomic E-state index is 11.7. The monoisotopic (exact) mass is 242 g/mol. The number of carboxylic acid groups (broad SMARTS) is 1. The van der Waals surface area contributed by atoms with Crippen LogP contribution in [0.4, 0.5) is 0 Å². The summed E-state index contributed by atoms with van der Waals surface area (Å²) in [6.07, 6.45) is 0.0244. The van der Waals surface area contributed by atoms with Gasteiger partial charge in [0.25, 0.3) is 0 Å². The van der Waals surface area contributed by atoms with E-state index in [4.69, 9.17) is 5.11 Å². The van der Waals surface area contributed by atoms with Gasteiger partial charge in [0.1, 0.15) is 0 Å². The minimum Gasteiger partial charge on any atom is -0.481 e. The Hall–Kier alpha value is -1.36. The van der Waals surface area contributed by atoms with Gasteiger partial charge < -0.3 is 5.11 Å². The van der Waals surface area contributed by atoms with Crippen LogP contribution in [0.3, 0.4) is 0 Å². The summed E-state index contributed by atoms with van der Waals surface area (Å²) in [5.74, 6) is -1.10. The van der Waals surface area contributed by atoms with Crippen LogP contribution in [0.15, 0.2) is 29.2 Å². The first-order valence-electron chi connectivity index (χ1n) is 4.93. The fraction of sp³-hybridized carbons (Fsp3) is 0.364. The Morgan fingerprint density at radius 1 is 1.25 bits per heavy atom. The van der Waals surface area contributed by atoms with Crippen LogP contribution in [0, 0.1) is 6.92 Å². The Bertz CT molecular complexity index is 459. The van der Waals surface area contributed by atoms with E-state index >= 15 is 0 Å². The van der Waals surface area contributed by atoms with E-state index in [0.29, 0.717) is 0 Å². The van der Waals surface area contributed by atoms with E-state index in [1.54, 1.807) is 24.3 Å². The highest BCUT2D eigenvalue weighted by Gasteiger charge is 2.14. The third kappa shape index (κ3) is 3.66. The molecule has 5 heteroatoms. The maximum Gasteiger partial charge on any atom is 0.303 e. The van der Waals surface area contributed by atoms with Gasteiger partial charge in [-0.3, -0.25) is 4.79 Å². The number of sulfone groups is 1. The lowest BCUT2D eigenvalue weighted by atomic mass is 10.2. The zero-order valence-corrected chi connectivity index (χ0v) is 9.83. The van der Waals surface area contributed by atoms with Gasteiger partial charge in [-0.1, -0.05) is 17.7 Å². The summed E-state index contributed by atoms with van der Waals surface area (Å²) in [5.41, 5.74) is 0.990. The molecule has 4 nitrogen and oxygen atoms in total. The van der Waals surface area contributed by atoms with Crippen molar-refractivity contribution in [1.82, 2.24) is 0 Å². The number of aryl methyl sites for hydroxylation is 1. The Labute approximate surface area is 94.8 Å². The molecule has 0 aromatic heterocycles. The van der Waals surface area contributed by atoms with E-state index in [9.17, 15) is 13.2 Å². The van der Waals surface area contributed by atoms with E-state index in [-0.39, 0.29) is 23.5 Å². The fourth-order valence-corrected chi connectivity index (χ4v) is 2.59. The smallest absolute Gasteiger partial charge is 0.303 e. The van der Waals surface area contributed by atoms with Gasteiger partial charge in [0.15, 0.2) is 9.84 Å². The molecule has 0 fully saturated rings. The average Bonchev–Trinajstić information content (AvgIpc) is 2.17. The van der Waals surface area contributed by atoms with Gasteiger partial charge in [-0.15, -0.1) is 0 Å². The summed E-state index contributed by atoms with van der Waals surface area (Å²) in [6, 6.07) is 6.55. The topological polar surface area (TPSA) is 71.4 Å². The van der Waals surface area contributed by atoms with Crippen LogP contribution in [0.5, 0.6) is 0 Å². The highest BCUT2D eigenvalue weighted by atomic mass is 32.2. The highest BCUT2D eigenvalue weighted by molar-refractivity contribution is 7.91. The van der Waals surface area contributed by atoms with Crippen molar-refractivity contribution in [1.29, 1.82) is 0 Å². The lowest BCUT2D eigenvalue weighted by molar-refractivity contribution is -0.137. The zero-order valence-electron chi connectivity index (χ0n) is 9.01. The summed E-state index contributed by atoms with van der Waals surface area (Å²) in [4.78, 5) is 10.5. The predicted octanol–water partition coefficient (Wildman–Crippen LogP) is 1.63. The molecule has 0 aliphatic heterocycles. The number of carbonyl (C=O) groups is 1. The standard InChI is InChI=1S/C11H14O4S/c1-9-4-6-10(7-5-9)16(14,15)8-2-3-11(12)13/h4-7H,2-3,8H2,1H3,(H,12,13). The molecule has 0 bridgehead atoms. The van der Waals surface area contributed by atoms with Gasteiger partial charge in [-0.2, -0.15) is 0 Å². The Morgan fingerprint density at radius 2 is 1.81 bits per heavy atom. The van der Waals surface area contributed by atoms with Crippen LogP contribution in [-0.4, -0.2) is 25.2 Å². The van der Waals surface area contributed by atoms with Crippen molar-refractivity contribution in [3.8, 4) is 0 Å². The number of hydrogen-bond acceptors (Lipinski definition) is 3. The van der Waals surface area contributed by atoms with Crippen LogP contribution in [0.25, 0.3) is 0 Å². The van der Waals surface area contributed by atoms with E-state index in [0.717, 1.165) is 5.56 Å². The molecule has 1 aromatic rings. The molecule has 0 aliphatic rings. The van der Waals surface area contributed by atoms with Crippen molar-refractivity contribution < 1.29 is 18.3 Å². The summed E-state index contributed by atoms with van der Waals surface area (Å²) in [6.45, 7) is 1.88. The zero-order chi connectivity index (χ0) is 12.2. The fourth-order valence-electron chi connectivity index (χ4n) is 1.28. The molecule has 0 heterocycles. The second kappa shape index (κ2) is 5.12. The number of aliphatic carboxylic acids is 1. The van der Waals surface area contributed by atoms with Crippen molar-refractivity contribution in [2.45, 2.75) is 24.7 Å². The Kier molecular flexibility index (Phi) is 4.06. The van der Waals surface area contributed by atoms with Crippen LogP contribution >= 0.6 is 0 Å². The van der Waals surface area contributed by atoms with Gasteiger partial charge in [-0.25, -0.2) is 8.42 Å². The van der Waals surface area contributed by atoms with Crippen molar-refractivity contribution in [2.75, 3.05) is 5.75 Å². The van der Waals surface area contributed by atoms with Gasteiger partial charge in [-0.05, 0) is 25.5 Å². The molecule has 1 N–H and O–H groups in total. The number of rotatable bonds is 5. The van der Waals surface area contributed by atoms with Crippen LogP contribution in [-0.2, 0) is 14.6 Å². The molecule has 1 aromatic carbocycles. The Balaban J connectivity index is 2.71. The number of carboxylic acids is 1. The molecule has 0 atom stereocenters. The van der Waals surface area contributed by atoms with E-state index in [1.807, 2.05) is 6.92 Å². The van der Waals surface area contributed by atoms with Crippen molar-refractivity contribution in [3.05, 3.63) is 29.8 Å².